The second-order valence-electron chi connectivity index (χ2n) is 5.70. The summed E-state index contributed by atoms with van der Waals surface area (Å²) in [6, 6.07) is 15.1. The maximum absolute atomic E-state index is 10.9. The van der Waals surface area contributed by atoms with E-state index in [2.05, 4.69) is 16.0 Å². The highest BCUT2D eigenvalue weighted by atomic mass is 16.5. The van der Waals surface area contributed by atoms with Crippen molar-refractivity contribution in [3.63, 3.8) is 0 Å². The second-order valence-corrected chi connectivity index (χ2v) is 5.70. The summed E-state index contributed by atoms with van der Waals surface area (Å²) in [5.41, 5.74) is 3.16. The maximum Gasteiger partial charge on any atom is 0.338 e. The molecule has 3 aromatic rings. The van der Waals surface area contributed by atoms with Gasteiger partial charge in [0.05, 0.1) is 11.1 Å². The van der Waals surface area contributed by atoms with Crippen LogP contribution in [-0.2, 0) is 6.61 Å². The highest BCUT2D eigenvalue weighted by molar-refractivity contribution is 5.86. The summed E-state index contributed by atoms with van der Waals surface area (Å²) in [5.74, 6) is -0.273. The molecular weight excluding hydrogens is 330 g/mol. The highest BCUT2D eigenvalue weighted by Gasteiger charge is 2.10. The number of ether oxygens (including phenoxy) is 1. The SMILES string of the molecule is Cc1ccc(COc2ccc(-c3ncc(C(=O)O)cn3)cc2C#N)cc1. The van der Waals surface area contributed by atoms with Crippen molar-refractivity contribution < 1.29 is 14.6 Å². The zero-order valence-electron chi connectivity index (χ0n) is 14.0. The van der Waals surface area contributed by atoms with Crippen LogP contribution < -0.4 is 4.74 Å². The second kappa shape index (κ2) is 7.45. The monoisotopic (exact) mass is 345 g/mol. The number of nitrogens with zero attached hydrogens (tertiary/aromatic N) is 3. The Balaban J connectivity index is 1.80. The predicted octanol–water partition coefficient (Wildman–Crippen LogP) is 3.60. The molecule has 0 saturated carbocycles. The van der Waals surface area contributed by atoms with Gasteiger partial charge in [0.25, 0.3) is 0 Å². The van der Waals surface area contributed by atoms with Crippen LogP contribution in [0.5, 0.6) is 5.75 Å². The average molecular weight is 345 g/mol. The number of aromatic carboxylic acids is 1. The Morgan fingerprint density at radius 1 is 1.15 bits per heavy atom. The van der Waals surface area contributed by atoms with E-state index in [0.717, 1.165) is 5.56 Å². The van der Waals surface area contributed by atoms with Crippen LogP contribution in [0.2, 0.25) is 0 Å². The standard InChI is InChI=1S/C20H15N3O3/c1-13-2-4-14(5-3-13)12-26-18-7-6-15(8-16(18)9-21)19-22-10-17(11-23-19)20(24)25/h2-8,10-11H,12H2,1H3,(H,24,25). The van der Waals surface area contributed by atoms with Gasteiger partial charge in [0.15, 0.2) is 5.82 Å². The van der Waals surface area contributed by atoms with E-state index in [1.807, 2.05) is 31.2 Å². The van der Waals surface area contributed by atoms with Crippen molar-refractivity contribution in [3.05, 3.63) is 77.1 Å². The van der Waals surface area contributed by atoms with Gasteiger partial charge in [0, 0.05) is 18.0 Å². The number of rotatable bonds is 5. The molecule has 0 fully saturated rings. The first-order chi connectivity index (χ1) is 12.6. The van der Waals surface area contributed by atoms with Gasteiger partial charge in [0.2, 0.25) is 0 Å². The van der Waals surface area contributed by atoms with Crippen molar-refractivity contribution in [3.8, 4) is 23.2 Å². The molecule has 0 aliphatic carbocycles. The number of hydrogen-bond acceptors (Lipinski definition) is 5. The quantitative estimate of drug-likeness (QED) is 0.759. The van der Waals surface area contributed by atoms with Crippen LogP contribution in [0.1, 0.15) is 27.0 Å². The molecule has 3 rings (SSSR count). The van der Waals surface area contributed by atoms with Gasteiger partial charge in [-0.05, 0) is 30.7 Å². The number of carboxylic acids is 1. The molecule has 6 heteroatoms. The Bertz CT molecular complexity index is 975. The van der Waals surface area contributed by atoms with E-state index in [0.29, 0.717) is 29.3 Å². The van der Waals surface area contributed by atoms with Crippen LogP contribution >= 0.6 is 0 Å². The Morgan fingerprint density at radius 3 is 2.46 bits per heavy atom. The van der Waals surface area contributed by atoms with Crippen molar-refractivity contribution in [2.24, 2.45) is 0 Å². The molecule has 0 atom stereocenters. The molecule has 2 aromatic carbocycles. The molecule has 0 bridgehead atoms. The van der Waals surface area contributed by atoms with Gasteiger partial charge in [-0.15, -0.1) is 0 Å². The lowest BCUT2D eigenvalue weighted by atomic mass is 10.1. The number of aromatic nitrogens is 2. The lowest BCUT2D eigenvalue weighted by molar-refractivity contribution is 0.0696. The van der Waals surface area contributed by atoms with Gasteiger partial charge in [-0.3, -0.25) is 0 Å². The van der Waals surface area contributed by atoms with E-state index in [1.54, 1.807) is 18.2 Å². The van der Waals surface area contributed by atoms with Gasteiger partial charge in [0.1, 0.15) is 18.4 Å². The van der Waals surface area contributed by atoms with Gasteiger partial charge in [-0.1, -0.05) is 29.8 Å². The molecule has 0 aliphatic heterocycles. The highest BCUT2D eigenvalue weighted by Crippen LogP contribution is 2.25. The lowest BCUT2D eigenvalue weighted by Gasteiger charge is -2.09. The summed E-state index contributed by atoms with van der Waals surface area (Å²) < 4.78 is 5.75. The number of hydrogen-bond donors (Lipinski definition) is 1. The molecule has 0 radical (unpaired) electrons. The van der Waals surface area contributed by atoms with E-state index >= 15 is 0 Å². The summed E-state index contributed by atoms with van der Waals surface area (Å²) in [5, 5.41) is 18.3. The fraction of sp³-hybridized carbons (Fsp3) is 0.100. The van der Waals surface area contributed by atoms with Crippen LogP contribution in [0.3, 0.4) is 0 Å². The lowest BCUT2D eigenvalue weighted by Crippen LogP contribution is -2.00. The molecule has 6 nitrogen and oxygen atoms in total. The Hall–Kier alpha value is -3.72. The molecule has 1 N–H and O–H groups in total. The summed E-state index contributed by atoms with van der Waals surface area (Å²) in [4.78, 5) is 18.9. The maximum atomic E-state index is 10.9. The van der Waals surface area contributed by atoms with Crippen molar-refractivity contribution >= 4 is 5.97 Å². The third-order valence-corrected chi connectivity index (χ3v) is 3.77. The first-order valence-corrected chi connectivity index (χ1v) is 7.85. The molecule has 1 heterocycles. The average Bonchev–Trinajstić information content (AvgIpc) is 2.67. The summed E-state index contributed by atoms with van der Waals surface area (Å²) in [6.07, 6.45) is 2.47. The Labute approximate surface area is 150 Å². The molecule has 0 amide bonds. The van der Waals surface area contributed by atoms with E-state index in [1.165, 1.54) is 18.0 Å². The van der Waals surface area contributed by atoms with Gasteiger partial charge >= 0.3 is 5.97 Å². The van der Waals surface area contributed by atoms with Crippen LogP contribution in [-0.4, -0.2) is 21.0 Å². The smallest absolute Gasteiger partial charge is 0.338 e. The predicted molar refractivity (Wildman–Crippen MR) is 94.7 cm³/mol. The molecule has 0 saturated heterocycles. The topological polar surface area (TPSA) is 96.1 Å². The molecule has 128 valence electrons. The molecule has 26 heavy (non-hydrogen) atoms. The summed E-state index contributed by atoms with van der Waals surface area (Å²) >= 11 is 0. The third-order valence-electron chi connectivity index (χ3n) is 3.77. The molecule has 1 aromatic heterocycles. The Kier molecular flexibility index (Phi) is 4.90. The zero-order chi connectivity index (χ0) is 18.5. The summed E-state index contributed by atoms with van der Waals surface area (Å²) in [6.45, 7) is 2.38. The van der Waals surface area contributed by atoms with Gasteiger partial charge in [-0.2, -0.15) is 5.26 Å². The van der Waals surface area contributed by atoms with Crippen LogP contribution in [0.4, 0.5) is 0 Å². The molecule has 0 unspecified atom stereocenters. The van der Waals surface area contributed by atoms with Crippen molar-refractivity contribution in [2.75, 3.05) is 0 Å². The number of carboxylic acid groups (broad SMARTS) is 1. The van der Waals surface area contributed by atoms with Gasteiger partial charge in [-0.25, -0.2) is 14.8 Å². The number of carbonyl (C=O) groups is 1. The minimum atomic E-state index is -1.09. The van der Waals surface area contributed by atoms with Gasteiger partial charge < -0.3 is 9.84 Å². The van der Waals surface area contributed by atoms with Crippen molar-refractivity contribution in [2.45, 2.75) is 13.5 Å². The number of aryl methyl sites for hydroxylation is 1. The molecule has 0 spiro atoms. The molecule has 0 aliphatic rings. The van der Waals surface area contributed by atoms with E-state index < -0.39 is 5.97 Å². The zero-order valence-corrected chi connectivity index (χ0v) is 14.0. The third kappa shape index (κ3) is 3.84. The normalized spacial score (nSPS) is 10.2. The minimum absolute atomic E-state index is 0.00677. The molecular formula is C20H15N3O3. The Morgan fingerprint density at radius 2 is 1.85 bits per heavy atom. The van der Waals surface area contributed by atoms with Crippen molar-refractivity contribution in [1.29, 1.82) is 5.26 Å². The summed E-state index contributed by atoms with van der Waals surface area (Å²) in [7, 11) is 0. The fourth-order valence-electron chi connectivity index (χ4n) is 2.32. The number of benzene rings is 2. The van der Waals surface area contributed by atoms with Crippen LogP contribution in [0, 0.1) is 18.3 Å². The largest absolute Gasteiger partial charge is 0.488 e. The first-order valence-electron chi connectivity index (χ1n) is 7.85. The van der Waals surface area contributed by atoms with Crippen molar-refractivity contribution in [1.82, 2.24) is 9.97 Å². The number of nitriles is 1. The van der Waals surface area contributed by atoms with E-state index in [9.17, 15) is 10.1 Å². The van der Waals surface area contributed by atoms with Crippen LogP contribution in [0.25, 0.3) is 11.4 Å². The fourth-order valence-corrected chi connectivity index (χ4v) is 2.32. The van der Waals surface area contributed by atoms with Crippen LogP contribution in [0.15, 0.2) is 54.9 Å². The minimum Gasteiger partial charge on any atom is -0.488 e. The van der Waals surface area contributed by atoms with E-state index in [-0.39, 0.29) is 5.56 Å². The van der Waals surface area contributed by atoms with E-state index in [4.69, 9.17) is 9.84 Å². The first kappa shape index (κ1) is 17.1.